The van der Waals surface area contributed by atoms with Crippen molar-refractivity contribution in [3.05, 3.63) is 84.6 Å². The summed E-state index contributed by atoms with van der Waals surface area (Å²) in [6.07, 6.45) is 7.33. The number of aromatic nitrogens is 3. The van der Waals surface area contributed by atoms with Crippen molar-refractivity contribution in [1.29, 1.82) is 0 Å². The summed E-state index contributed by atoms with van der Waals surface area (Å²) in [4.78, 5) is 15.4. The molecule has 4 nitrogen and oxygen atoms in total. The topological polar surface area (TPSA) is 41.7 Å². The third-order valence-corrected chi connectivity index (χ3v) is 3.76. The van der Waals surface area contributed by atoms with Crippen LogP contribution in [0.3, 0.4) is 0 Å². The monoisotopic (exact) mass is 274 g/mol. The molecule has 4 heteroatoms. The SMILES string of the molecule is c1ccc([C@H]2[C@H](c3ccncc3)N2c2ccccn2)nc1. The van der Waals surface area contributed by atoms with Gasteiger partial charge in [0, 0.05) is 24.8 Å². The Morgan fingerprint density at radius 3 is 2.14 bits per heavy atom. The van der Waals surface area contributed by atoms with Gasteiger partial charge < -0.3 is 4.90 Å². The molecule has 1 fully saturated rings. The van der Waals surface area contributed by atoms with Crippen molar-refractivity contribution in [2.24, 2.45) is 0 Å². The van der Waals surface area contributed by atoms with Crippen LogP contribution in [-0.4, -0.2) is 15.0 Å². The van der Waals surface area contributed by atoms with Gasteiger partial charge in [0.2, 0.25) is 0 Å². The van der Waals surface area contributed by atoms with Crippen LogP contribution in [0.1, 0.15) is 23.3 Å². The molecular formula is C17H14N4. The van der Waals surface area contributed by atoms with Crippen molar-refractivity contribution in [3.63, 3.8) is 0 Å². The molecule has 0 aliphatic carbocycles. The van der Waals surface area contributed by atoms with E-state index in [4.69, 9.17) is 0 Å². The fourth-order valence-corrected chi connectivity index (χ4v) is 2.78. The molecule has 1 saturated heterocycles. The van der Waals surface area contributed by atoms with Crippen LogP contribution in [0.2, 0.25) is 0 Å². The molecule has 0 spiro atoms. The molecule has 0 aromatic carbocycles. The summed E-state index contributed by atoms with van der Waals surface area (Å²) in [7, 11) is 0. The predicted molar refractivity (Wildman–Crippen MR) is 80.7 cm³/mol. The van der Waals surface area contributed by atoms with Crippen molar-refractivity contribution in [2.75, 3.05) is 4.90 Å². The standard InChI is InChI=1S/C17H14N4/c1-3-9-19-14(5-1)17-16(13-7-11-18-12-8-13)21(17)15-6-2-4-10-20-15/h1-12,16-17H/t16-,17-,21?/m0/s1. The van der Waals surface area contributed by atoms with Crippen LogP contribution in [-0.2, 0) is 0 Å². The van der Waals surface area contributed by atoms with Crippen LogP contribution in [0, 0.1) is 0 Å². The van der Waals surface area contributed by atoms with E-state index in [1.54, 1.807) is 0 Å². The zero-order valence-electron chi connectivity index (χ0n) is 11.4. The number of rotatable bonds is 3. The first-order valence-electron chi connectivity index (χ1n) is 6.95. The molecule has 1 aliphatic heterocycles. The van der Waals surface area contributed by atoms with E-state index in [0.717, 1.165) is 11.5 Å². The van der Waals surface area contributed by atoms with Crippen molar-refractivity contribution < 1.29 is 0 Å². The second-order valence-corrected chi connectivity index (χ2v) is 5.02. The van der Waals surface area contributed by atoms with Crippen LogP contribution < -0.4 is 4.90 Å². The summed E-state index contributed by atoms with van der Waals surface area (Å²) in [6, 6.07) is 16.7. The van der Waals surface area contributed by atoms with Crippen molar-refractivity contribution in [1.82, 2.24) is 15.0 Å². The third kappa shape index (κ3) is 2.14. The minimum Gasteiger partial charge on any atom is -0.336 e. The Morgan fingerprint density at radius 2 is 1.48 bits per heavy atom. The highest BCUT2D eigenvalue weighted by molar-refractivity contribution is 5.56. The van der Waals surface area contributed by atoms with E-state index in [-0.39, 0.29) is 12.1 Å². The van der Waals surface area contributed by atoms with Gasteiger partial charge >= 0.3 is 0 Å². The maximum atomic E-state index is 4.51. The molecule has 4 rings (SSSR count). The maximum Gasteiger partial charge on any atom is 0.129 e. The Kier molecular flexibility index (Phi) is 2.85. The molecule has 0 radical (unpaired) electrons. The highest BCUT2D eigenvalue weighted by Gasteiger charge is 2.51. The number of nitrogens with zero attached hydrogens (tertiary/aromatic N) is 4. The van der Waals surface area contributed by atoms with E-state index < -0.39 is 0 Å². The molecule has 102 valence electrons. The van der Waals surface area contributed by atoms with Gasteiger partial charge in [-0.2, -0.15) is 0 Å². The Labute approximate surface area is 123 Å². The number of hydrogen-bond donors (Lipinski definition) is 0. The van der Waals surface area contributed by atoms with Gasteiger partial charge in [-0.1, -0.05) is 12.1 Å². The van der Waals surface area contributed by atoms with Crippen LogP contribution >= 0.6 is 0 Å². The van der Waals surface area contributed by atoms with Gasteiger partial charge in [0.05, 0.1) is 17.8 Å². The molecule has 0 bridgehead atoms. The van der Waals surface area contributed by atoms with Crippen molar-refractivity contribution >= 4 is 5.82 Å². The number of hydrogen-bond acceptors (Lipinski definition) is 4. The first kappa shape index (κ1) is 12.0. The van der Waals surface area contributed by atoms with E-state index in [2.05, 4.69) is 38.1 Å². The van der Waals surface area contributed by atoms with Gasteiger partial charge in [-0.3, -0.25) is 9.97 Å². The molecule has 3 aromatic rings. The highest BCUT2D eigenvalue weighted by atomic mass is 15.4. The van der Waals surface area contributed by atoms with Gasteiger partial charge in [-0.15, -0.1) is 0 Å². The minimum absolute atomic E-state index is 0.239. The summed E-state index contributed by atoms with van der Waals surface area (Å²) < 4.78 is 0. The lowest BCUT2D eigenvalue weighted by atomic mass is 10.1. The number of pyridine rings is 3. The second-order valence-electron chi connectivity index (χ2n) is 5.02. The fraction of sp³-hybridized carbons (Fsp3) is 0.118. The van der Waals surface area contributed by atoms with Gasteiger partial charge in [0.15, 0.2) is 0 Å². The number of anilines is 1. The van der Waals surface area contributed by atoms with E-state index in [0.29, 0.717) is 0 Å². The van der Waals surface area contributed by atoms with Gasteiger partial charge in [0.1, 0.15) is 5.82 Å². The maximum absolute atomic E-state index is 4.51. The fourth-order valence-electron chi connectivity index (χ4n) is 2.78. The van der Waals surface area contributed by atoms with Crippen LogP contribution in [0.15, 0.2) is 73.3 Å². The van der Waals surface area contributed by atoms with Gasteiger partial charge in [-0.05, 0) is 42.0 Å². The first-order chi connectivity index (χ1) is 10.4. The molecule has 0 amide bonds. The molecular weight excluding hydrogens is 260 g/mol. The lowest BCUT2D eigenvalue weighted by Crippen LogP contribution is -1.98. The van der Waals surface area contributed by atoms with Crippen LogP contribution in [0.5, 0.6) is 0 Å². The molecule has 4 heterocycles. The minimum atomic E-state index is 0.239. The smallest absolute Gasteiger partial charge is 0.129 e. The summed E-state index contributed by atoms with van der Waals surface area (Å²) >= 11 is 0. The Hall–Kier alpha value is -2.75. The largest absolute Gasteiger partial charge is 0.336 e. The highest BCUT2D eigenvalue weighted by Crippen LogP contribution is 2.55. The Balaban J connectivity index is 1.74. The summed E-state index contributed by atoms with van der Waals surface area (Å²) in [5.41, 5.74) is 2.32. The van der Waals surface area contributed by atoms with Crippen molar-refractivity contribution in [3.8, 4) is 0 Å². The molecule has 21 heavy (non-hydrogen) atoms. The zero-order valence-corrected chi connectivity index (χ0v) is 11.4. The van der Waals surface area contributed by atoms with Gasteiger partial charge in [-0.25, -0.2) is 4.98 Å². The molecule has 3 aromatic heterocycles. The van der Waals surface area contributed by atoms with E-state index in [1.807, 2.05) is 55.1 Å². The third-order valence-electron chi connectivity index (χ3n) is 3.76. The summed E-state index contributed by atoms with van der Waals surface area (Å²) in [5, 5.41) is 0. The summed E-state index contributed by atoms with van der Waals surface area (Å²) in [5.74, 6) is 0.981. The second kappa shape index (κ2) is 4.98. The van der Waals surface area contributed by atoms with Crippen LogP contribution in [0.25, 0.3) is 0 Å². The van der Waals surface area contributed by atoms with Gasteiger partial charge in [0.25, 0.3) is 0 Å². The van der Waals surface area contributed by atoms with E-state index in [1.165, 1.54) is 5.56 Å². The zero-order chi connectivity index (χ0) is 14.1. The molecule has 1 aliphatic rings. The average molecular weight is 274 g/mol. The predicted octanol–water partition coefficient (Wildman–Crippen LogP) is 3.17. The van der Waals surface area contributed by atoms with E-state index in [9.17, 15) is 0 Å². The Bertz CT molecular complexity index is 606. The first-order valence-corrected chi connectivity index (χ1v) is 6.95. The molecule has 0 saturated carbocycles. The van der Waals surface area contributed by atoms with E-state index >= 15 is 0 Å². The van der Waals surface area contributed by atoms with Crippen LogP contribution in [0.4, 0.5) is 5.82 Å². The lowest BCUT2D eigenvalue weighted by molar-refractivity contribution is 0.962. The normalized spacial score (nSPS) is 20.3. The molecule has 2 atom stereocenters. The molecule has 0 N–H and O–H groups in total. The van der Waals surface area contributed by atoms with Crippen molar-refractivity contribution in [2.45, 2.75) is 12.1 Å². The Morgan fingerprint density at radius 1 is 0.714 bits per heavy atom. The molecule has 0 unspecified atom stereocenters. The average Bonchev–Trinajstić information content (AvgIpc) is 3.33. The lowest BCUT2D eigenvalue weighted by Gasteiger charge is -2.04. The quantitative estimate of drug-likeness (QED) is 0.688. The summed E-state index contributed by atoms with van der Waals surface area (Å²) in [6.45, 7) is 0.